The summed E-state index contributed by atoms with van der Waals surface area (Å²) in [6, 6.07) is 18.2. The van der Waals surface area contributed by atoms with Crippen molar-refractivity contribution in [3.63, 3.8) is 0 Å². The van der Waals surface area contributed by atoms with E-state index >= 15 is 0 Å². The lowest BCUT2D eigenvalue weighted by atomic mass is 10.1. The molecule has 3 rings (SSSR count). The average molecular weight is 312 g/mol. The molecule has 0 unspecified atom stereocenters. The zero-order valence-electron chi connectivity index (χ0n) is 13.3. The zero-order valence-corrected chi connectivity index (χ0v) is 13.3. The van der Waals surface area contributed by atoms with Gasteiger partial charge in [0.05, 0.1) is 17.5 Å². The number of hydrogen-bond donors (Lipinski definition) is 2. The summed E-state index contributed by atoms with van der Waals surface area (Å²) in [5.41, 5.74) is 2.33. The summed E-state index contributed by atoms with van der Waals surface area (Å²) < 4.78 is 5.72. The number of benzene rings is 2. The van der Waals surface area contributed by atoms with Gasteiger partial charge in [0.2, 0.25) is 0 Å². The van der Waals surface area contributed by atoms with Crippen molar-refractivity contribution in [1.82, 2.24) is 0 Å². The molecule has 0 radical (unpaired) electrons. The molecule has 122 valence electrons. The molecule has 0 amide bonds. The van der Waals surface area contributed by atoms with Crippen LogP contribution in [0.2, 0.25) is 0 Å². The van der Waals surface area contributed by atoms with Crippen molar-refractivity contribution in [1.29, 1.82) is 0 Å². The second kappa shape index (κ2) is 7.88. The molecule has 2 aromatic carbocycles. The summed E-state index contributed by atoms with van der Waals surface area (Å²) in [5.74, 6) is 0.896. The van der Waals surface area contributed by atoms with Gasteiger partial charge in [-0.15, -0.1) is 0 Å². The van der Waals surface area contributed by atoms with E-state index in [4.69, 9.17) is 4.74 Å². The third kappa shape index (κ3) is 4.39. The summed E-state index contributed by atoms with van der Waals surface area (Å²) in [6.07, 6.45) is 1.53. The molecule has 1 aliphatic heterocycles. The zero-order chi connectivity index (χ0) is 15.9. The van der Waals surface area contributed by atoms with Crippen molar-refractivity contribution >= 4 is 11.4 Å². The molecular weight excluding hydrogens is 288 g/mol. The summed E-state index contributed by atoms with van der Waals surface area (Å²) in [5, 5.41) is 13.1. The lowest BCUT2D eigenvalue weighted by molar-refractivity contribution is 0.145. The van der Waals surface area contributed by atoms with E-state index in [0.717, 1.165) is 43.9 Å². The highest BCUT2D eigenvalue weighted by atomic mass is 16.5. The van der Waals surface area contributed by atoms with E-state index in [2.05, 4.69) is 28.4 Å². The second-order valence-electron chi connectivity index (χ2n) is 5.82. The second-order valence-corrected chi connectivity index (χ2v) is 5.82. The van der Waals surface area contributed by atoms with Gasteiger partial charge in [0.25, 0.3) is 0 Å². The van der Waals surface area contributed by atoms with E-state index in [1.165, 1.54) is 5.69 Å². The first-order valence-corrected chi connectivity index (χ1v) is 8.27. The lowest BCUT2D eigenvalue weighted by Gasteiger charge is -2.33. The Hall–Kier alpha value is -2.20. The Kier molecular flexibility index (Phi) is 5.37. The van der Waals surface area contributed by atoms with Gasteiger partial charge in [0.15, 0.2) is 0 Å². The van der Waals surface area contributed by atoms with Crippen LogP contribution in [-0.2, 0) is 0 Å². The van der Waals surface area contributed by atoms with E-state index in [9.17, 15) is 5.11 Å². The van der Waals surface area contributed by atoms with Gasteiger partial charge in [-0.3, -0.25) is 0 Å². The number of para-hydroxylation sites is 3. The maximum atomic E-state index is 9.67. The molecule has 0 spiro atoms. The molecule has 0 aliphatic carbocycles. The number of hydrogen-bond acceptors (Lipinski definition) is 4. The van der Waals surface area contributed by atoms with Crippen molar-refractivity contribution in [2.45, 2.75) is 18.9 Å². The molecule has 1 fully saturated rings. The third-order valence-corrected chi connectivity index (χ3v) is 4.14. The SMILES string of the molecule is OC1CCN(c2ccccc2NCCOc2ccccc2)CC1. The molecule has 4 nitrogen and oxygen atoms in total. The number of nitrogens with one attached hydrogen (secondary N) is 1. The summed E-state index contributed by atoms with van der Waals surface area (Å²) in [6.45, 7) is 3.18. The van der Waals surface area contributed by atoms with E-state index in [0.29, 0.717) is 6.61 Å². The van der Waals surface area contributed by atoms with Crippen LogP contribution < -0.4 is 15.0 Å². The number of anilines is 2. The van der Waals surface area contributed by atoms with Crippen LogP contribution in [-0.4, -0.2) is 37.5 Å². The number of aliphatic hydroxyl groups is 1. The molecule has 23 heavy (non-hydrogen) atoms. The van der Waals surface area contributed by atoms with Crippen molar-refractivity contribution in [3.05, 3.63) is 54.6 Å². The quantitative estimate of drug-likeness (QED) is 0.804. The minimum Gasteiger partial charge on any atom is -0.492 e. The van der Waals surface area contributed by atoms with Crippen LogP contribution in [0.5, 0.6) is 5.75 Å². The van der Waals surface area contributed by atoms with E-state index in [1.807, 2.05) is 36.4 Å². The van der Waals surface area contributed by atoms with Gasteiger partial charge < -0.3 is 20.1 Å². The Balaban J connectivity index is 1.53. The smallest absolute Gasteiger partial charge is 0.119 e. The molecule has 1 saturated heterocycles. The number of rotatable bonds is 6. The van der Waals surface area contributed by atoms with Crippen LogP contribution in [0.1, 0.15) is 12.8 Å². The van der Waals surface area contributed by atoms with Crippen molar-refractivity contribution in [2.75, 3.05) is 36.5 Å². The predicted molar refractivity (Wildman–Crippen MR) is 94.3 cm³/mol. The summed E-state index contributed by atoms with van der Waals surface area (Å²) in [4.78, 5) is 2.34. The first-order chi connectivity index (χ1) is 11.3. The predicted octanol–water partition coefficient (Wildman–Crippen LogP) is 3.14. The van der Waals surface area contributed by atoms with Gasteiger partial charge in [0, 0.05) is 19.6 Å². The van der Waals surface area contributed by atoms with Crippen LogP contribution in [0.4, 0.5) is 11.4 Å². The maximum absolute atomic E-state index is 9.67. The molecule has 0 saturated carbocycles. The van der Waals surface area contributed by atoms with Crippen LogP contribution in [0.25, 0.3) is 0 Å². The van der Waals surface area contributed by atoms with Crippen LogP contribution in [0.3, 0.4) is 0 Å². The van der Waals surface area contributed by atoms with Crippen molar-refractivity contribution < 1.29 is 9.84 Å². The van der Waals surface area contributed by atoms with E-state index in [1.54, 1.807) is 0 Å². The Morgan fingerprint density at radius 1 is 1.00 bits per heavy atom. The topological polar surface area (TPSA) is 44.7 Å². The fourth-order valence-electron chi connectivity index (χ4n) is 2.88. The molecular formula is C19H24N2O2. The number of ether oxygens (including phenoxy) is 1. The normalized spacial score (nSPS) is 15.4. The van der Waals surface area contributed by atoms with Crippen molar-refractivity contribution in [3.8, 4) is 5.75 Å². The lowest BCUT2D eigenvalue weighted by Crippen LogP contribution is -2.36. The van der Waals surface area contributed by atoms with Gasteiger partial charge in [-0.05, 0) is 37.1 Å². The molecule has 4 heteroatoms. The summed E-state index contributed by atoms with van der Waals surface area (Å²) >= 11 is 0. The highest BCUT2D eigenvalue weighted by Gasteiger charge is 2.18. The third-order valence-electron chi connectivity index (χ3n) is 4.14. The van der Waals surface area contributed by atoms with Gasteiger partial charge in [-0.25, -0.2) is 0 Å². The van der Waals surface area contributed by atoms with Gasteiger partial charge in [-0.1, -0.05) is 30.3 Å². The molecule has 0 bridgehead atoms. The first-order valence-electron chi connectivity index (χ1n) is 8.27. The molecule has 2 N–H and O–H groups in total. The maximum Gasteiger partial charge on any atom is 0.119 e. The average Bonchev–Trinajstić information content (AvgIpc) is 2.61. The van der Waals surface area contributed by atoms with E-state index in [-0.39, 0.29) is 6.10 Å². The number of piperidine rings is 1. The monoisotopic (exact) mass is 312 g/mol. The largest absolute Gasteiger partial charge is 0.492 e. The molecule has 1 heterocycles. The highest BCUT2D eigenvalue weighted by Crippen LogP contribution is 2.28. The van der Waals surface area contributed by atoms with Crippen LogP contribution in [0.15, 0.2) is 54.6 Å². The summed E-state index contributed by atoms with van der Waals surface area (Å²) in [7, 11) is 0. The fourth-order valence-corrected chi connectivity index (χ4v) is 2.88. The number of nitrogens with zero attached hydrogens (tertiary/aromatic N) is 1. The van der Waals surface area contributed by atoms with Crippen LogP contribution >= 0.6 is 0 Å². The molecule has 0 aromatic heterocycles. The standard InChI is InChI=1S/C19H24N2O2/c22-16-10-13-21(14-11-16)19-9-5-4-8-18(19)20-12-15-23-17-6-2-1-3-7-17/h1-9,16,20,22H,10-15H2. The minimum absolute atomic E-state index is 0.148. The minimum atomic E-state index is -0.148. The molecule has 2 aromatic rings. The fraction of sp³-hybridized carbons (Fsp3) is 0.368. The Bertz CT molecular complexity index is 595. The Morgan fingerprint density at radius 2 is 1.70 bits per heavy atom. The Morgan fingerprint density at radius 3 is 2.48 bits per heavy atom. The van der Waals surface area contributed by atoms with Gasteiger partial charge >= 0.3 is 0 Å². The van der Waals surface area contributed by atoms with Crippen LogP contribution in [0, 0.1) is 0 Å². The first kappa shape index (κ1) is 15.7. The Labute approximate surface area is 137 Å². The van der Waals surface area contributed by atoms with E-state index < -0.39 is 0 Å². The number of aliphatic hydroxyl groups excluding tert-OH is 1. The highest BCUT2D eigenvalue weighted by molar-refractivity contribution is 5.70. The van der Waals surface area contributed by atoms with Crippen molar-refractivity contribution in [2.24, 2.45) is 0 Å². The van der Waals surface area contributed by atoms with Gasteiger partial charge in [-0.2, -0.15) is 0 Å². The molecule has 0 atom stereocenters. The molecule has 1 aliphatic rings. The van der Waals surface area contributed by atoms with Gasteiger partial charge in [0.1, 0.15) is 12.4 Å².